The van der Waals surface area contributed by atoms with Crippen molar-refractivity contribution in [1.29, 1.82) is 5.26 Å². The minimum absolute atomic E-state index is 0.0188. The molecule has 1 aliphatic rings. The SMILES string of the molecule is CSC1(C)CCC(F)(F)c2sc(N)c(C#N)c21. The zero-order chi connectivity index (χ0) is 12.8. The summed E-state index contributed by atoms with van der Waals surface area (Å²) in [6.07, 6.45) is 2.06. The number of rotatable bonds is 1. The van der Waals surface area contributed by atoms with Gasteiger partial charge in [0.2, 0.25) is 0 Å². The Labute approximate surface area is 107 Å². The number of hydrogen-bond donors (Lipinski definition) is 1. The lowest BCUT2D eigenvalue weighted by molar-refractivity contribution is -0.0222. The van der Waals surface area contributed by atoms with Gasteiger partial charge in [0.05, 0.1) is 10.4 Å². The Kier molecular flexibility index (Phi) is 2.87. The summed E-state index contributed by atoms with van der Waals surface area (Å²) in [4.78, 5) is -0.0188. The molecule has 0 amide bonds. The second kappa shape index (κ2) is 3.85. The van der Waals surface area contributed by atoms with Crippen molar-refractivity contribution in [2.75, 3.05) is 12.0 Å². The van der Waals surface area contributed by atoms with Gasteiger partial charge in [0.1, 0.15) is 11.1 Å². The van der Waals surface area contributed by atoms with Gasteiger partial charge in [-0.3, -0.25) is 0 Å². The van der Waals surface area contributed by atoms with E-state index < -0.39 is 10.7 Å². The quantitative estimate of drug-likeness (QED) is 0.850. The smallest absolute Gasteiger partial charge is 0.282 e. The first-order chi connectivity index (χ1) is 7.85. The molecule has 0 saturated carbocycles. The molecule has 0 aromatic carbocycles. The van der Waals surface area contributed by atoms with Crippen LogP contribution in [0.3, 0.4) is 0 Å². The number of thiophene rings is 1. The van der Waals surface area contributed by atoms with Crippen LogP contribution in [0.2, 0.25) is 0 Å². The van der Waals surface area contributed by atoms with Gasteiger partial charge in [-0.05, 0) is 19.6 Å². The Morgan fingerprint density at radius 2 is 2.12 bits per heavy atom. The molecular weight excluding hydrogens is 262 g/mol. The van der Waals surface area contributed by atoms with Crippen LogP contribution in [-0.2, 0) is 10.7 Å². The van der Waals surface area contributed by atoms with Gasteiger partial charge in [-0.25, -0.2) is 8.78 Å². The van der Waals surface area contributed by atoms with Crippen LogP contribution in [0.5, 0.6) is 0 Å². The summed E-state index contributed by atoms with van der Waals surface area (Å²) in [5, 5.41) is 9.29. The average molecular weight is 274 g/mol. The van der Waals surface area contributed by atoms with Gasteiger partial charge in [-0.2, -0.15) is 17.0 Å². The summed E-state index contributed by atoms with van der Waals surface area (Å²) in [7, 11) is 0. The monoisotopic (exact) mass is 274 g/mol. The van der Waals surface area contributed by atoms with E-state index in [0.29, 0.717) is 12.0 Å². The highest BCUT2D eigenvalue weighted by molar-refractivity contribution is 7.99. The number of fused-ring (bicyclic) bond motifs is 1. The number of nitriles is 1. The molecule has 92 valence electrons. The van der Waals surface area contributed by atoms with Crippen LogP contribution in [-0.4, -0.2) is 6.26 Å². The van der Waals surface area contributed by atoms with Crippen molar-refractivity contribution in [3.8, 4) is 6.07 Å². The van der Waals surface area contributed by atoms with Gasteiger partial charge in [0, 0.05) is 16.7 Å². The molecule has 2 N–H and O–H groups in total. The molecule has 17 heavy (non-hydrogen) atoms. The zero-order valence-electron chi connectivity index (χ0n) is 9.51. The predicted molar refractivity (Wildman–Crippen MR) is 67.4 cm³/mol. The van der Waals surface area contributed by atoms with E-state index in [2.05, 4.69) is 0 Å². The summed E-state index contributed by atoms with van der Waals surface area (Å²) in [6.45, 7) is 1.90. The summed E-state index contributed by atoms with van der Waals surface area (Å²) in [5.74, 6) is -2.85. The molecule has 1 heterocycles. The fourth-order valence-corrected chi connectivity index (χ4v) is 4.09. The largest absolute Gasteiger partial charge is 0.389 e. The minimum atomic E-state index is -2.85. The van der Waals surface area contributed by atoms with Crippen molar-refractivity contribution in [3.63, 3.8) is 0 Å². The molecule has 1 aromatic rings. The Bertz CT molecular complexity index is 504. The molecule has 0 saturated heterocycles. The molecule has 0 bridgehead atoms. The summed E-state index contributed by atoms with van der Waals surface area (Å²) in [5.41, 5.74) is 6.37. The van der Waals surface area contributed by atoms with E-state index in [1.165, 1.54) is 11.8 Å². The normalized spacial score (nSPS) is 26.3. The second-order valence-corrected chi connectivity index (χ2v) is 6.66. The fourth-order valence-electron chi connectivity index (χ4n) is 2.16. The fraction of sp³-hybridized carbons (Fsp3) is 0.545. The van der Waals surface area contributed by atoms with E-state index in [0.717, 1.165) is 11.3 Å². The molecule has 1 atom stereocenters. The van der Waals surface area contributed by atoms with Gasteiger partial charge in [-0.15, -0.1) is 11.3 Å². The van der Waals surface area contributed by atoms with Crippen molar-refractivity contribution in [1.82, 2.24) is 0 Å². The Morgan fingerprint density at radius 1 is 1.47 bits per heavy atom. The maximum absolute atomic E-state index is 13.8. The van der Waals surface area contributed by atoms with E-state index in [9.17, 15) is 8.78 Å². The number of nitrogen functional groups attached to an aromatic ring is 1. The molecule has 1 unspecified atom stereocenters. The second-order valence-electron chi connectivity index (χ2n) is 4.30. The van der Waals surface area contributed by atoms with Crippen LogP contribution in [0.4, 0.5) is 13.8 Å². The first-order valence-corrected chi connectivity index (χ1v) is 7.16. The molecule has 0 radical (unpaired) electrons. The molecule has 6 heteroatoms. The molecule has 0 fully saturated rings. The first-order valence-electron chi connectivity index (χ1n) is 5.12. The highest BCUT2D eigenvalue weighted by atomic mass is 32.2. The van der Waals surface area contributed by atoms with Crippen molar-refractivity contribution in [3.05, 3.63) is 16.0 Å². The van der Waals surface area contributed by atoms with Gasteiger partial charge in [0.15, 0.2) is 0 Å². The van der Waals surface area contributed by atoms with Gasteiger partial charge < -0.3 is 5.73 Å². The predicted octanol–water partition coefficient (Wildman–Crippen LogP) is 3.67. The lowest BCUT2D eigenvalue weighted by atomic mass is 9.84. The van der Waals surface area contributed by atoms with E-state index >= 15 is 0 Å². The molecule has 0 spiro atoms. The highest BCUT2D eigenvalue weighted by Crippen LogP contribution is 2.57. The van der Waals surface area contributed by atoms with Gasteiger partial charge in [-0.1, -0.05) is 0 Å². The summed E-state index contributed by atoms with van der Waals surface area (Å²) >= 11 is 2.36. The van der Waals surface area contributed by atoms with E-state index in [-0.39, 0.29) is 21.9 Å². The van der Waals surface area contributed by atoms with Crippen molar-refractivity contribution < 1.29 is 8.78 Å². The van der Waals surface area contributed by atoms with Crippen LogP contribution < -0.4 is 5.73 Å². The first kappa shape index (κ1) is 12.7. The standard InChI is InChI=1S/C11H12F2N2S2/c1-10(16-2)3-4-11(12,13)8-7(10)6(5-14)9(15)17-8/h3-4,15H2,1-2H3. The number of thioether (sulfide) groups is 1. The molecule has 2 nitrogen and oxygen atoms in total. The van der Waals surface area contributed by atoms with Crippen molar-refractivity contribution in [2.45, 2.75) is 30.4 Å². The third kappa shape index (κ3) is 1.72. The summed E-state index contributed by atoms with van der Waals surface area (Å²) < 4.78 is 27.3. The molecule has 1 aromatic heterocycles. The van der Waals surface area contributed by atoms with E-state index in [1.54, 1.807) is 0 Å². The van der Waals surface area contributed by atoms with Crippen LogP contribution in [0.15, 0.2) is 0 Å². The molecule has 2 rings (SSSR count). The summed E-state index contributed by atoms with van der Waals surface area (Å²) in [6, 6.07) is 1.97. The number of alkyl halides is 2. The molecule has 1 aliphatic carbocycles. The molecule has 0 aliphatic heterocycles. The Balaban J connectivity index is 2.75. The maximum Gasteiger partial charge on any atom is 0.282 e. The highest BCUT2D eigenvalue weighted by Gasteiger charge is 2.49. The zero-order valence-corrected chi connectivity index (χ0v) is 11.1. The lowest BCUT2D eigenvalue weighted by Gasteiger charge is -2.36. The number of anilines is 1. The van der Waals surface area contributed by atoms with Gasteiger partial charge >= 0.3 is 0 Å². The number of nitrogens with two attached hydrogens (primary N) is 1. The lowest BCUT2D eigenvalue weighted by Crippen LogP contribution is -2.31. The Morgan fingerprint density at radius 3 is 2.65 bits per heavy atom. The third-order valence-electron chi connectivity index (χ3n) is 3.27. The number of hydrogen-bond acceptors (Lipinski definition) is 4. The van der Waals surface area contributed by atoms with Crippen molar-refractivity contribution >= 4 is 28.1 Å². The number of nitrogens with zero attached hydrogens (tertiary/aromatic N) is 1. The van der Waals surface area contributed by atoms with Crippen LogP contribution >= 0.6 is 23.1 Å². The Hall–Kier alpha value is -0.800. The van der Waals surface area contributed by atoms with Crippen LogP contribution in [0.1, 0.15) is 35.8 Å². The number of halogens is 2. The maximum atomic E-state index is 13.8. The average Bonchev–Trinajstić information content (AvgIpc) is 2.63. The van der Waals surface area contributed by atoms with Crippen LogP contribution in [0.25, 0.3) is 0 Å². The van der Waals surface area contributed by atoms with Gasteiger partial charge in [0.25, 0.3) is 5.92 Å². The van der Waals surface area contributed by atoms with E-state index in [1.807, 2.05) is 19.2 Å². The van der Waals surface area contributed by atoms with Crippen LogP contribution in [0, 0.1) is 11.3 Å². The van der Waals surface area contributed by atoms with Crippen molar-refractivity contribution in [2.24, 2.45) is 0 Å². The van der Waals surface area contributed by atoms with E-state index in [4.69, 9.17) is 11.0 Å². The minimum Gasteiger partial charge on any atom is -0.389 e. The molecular formula is C11H12F2N2S2. The topological polar surface area (TPSA) is 49.8 Å². The third-order valence-corrected chi connectivity index (χ3v) is 5.72.